The minimum atomic E-state index is 0.699. The van der Waals surface area contributed by atoms with Crippen molar-refractivity contribution in [1.29, 1.82) is 0 Å². The lowest BCUT2D eigenvalue weighted by atomic mass is 10.0. The lowest BCUT2D eigenvalue weighted by Gasteiger charge is -2.32. The second kappa shape index (κ2) is 7.51. The van der Waals surface area contributed by atoms with Crippen LogP contribution in [0.15, 0.2) is 24.3 Å². The van der Waals surface area contributed by atoms with Crippen molar-refractivity contribution in [2.45, 2.75) is 38.1 Å². The van der Waals surface area contributed by atoms with Crippen molar-refractivity contribution in [1.82, 2.24) is 4.90 Å². The molecular formula is C16H26N2O. The van der Waals surface area contributed by atoms with Gasteiger partial charge in [0.05, 0.1) is 6.61 Å². The van der Waals surface area contributed by atoms with Gasteiger partial charge >= 0.3 is 0 Å². The third-order valence-electron chi connectivity index (χ3n) is 4.00. The summed E-state index contributed by atoms with van der Waals surface area (Å²) in [6.45, 7) is 2.75. The van der Waals surface area contributed by atoms with Crippen molar-refractivity contribution < 1.29 is 4.74 Å². The fraction of sp³-hybridized carbons (Fsp3) is 0.625. The Morgan fingerprint density at radius 1 is 1.26 bits per heavy atom. The molecule has 0 amide bonds. The van der Waals surface area contributed by atoms with Crippen LogP contribution in [0.3, 0.4) is 0 Å². The number of nitrogens with zero attached hydrogens (tertiary/aromatic N) is 1. The van der Waals surface area contributed by atoms with Gasteiger partial charge in [-0.15, -0.1) is 0 Å². The standard InChI is InChI=1S/C16H26N2O/c1-18-12-3-2-4-15(18)10-13-19-16-7-5-14(6-8-16)9-11-17/h5-8,15H,2-4,9-13,17H2,1H3. The topological polar surface area (TPSA) is 38.5 Å². The summed E-state index contributed by atoms with van der Waals surface area (Å²) in [4.78, 5) is 2.47. The maximum atomic E-state index is 5.83. The third-order valence-corrected chi connectivity index (χ3v) is 4.00. The molecule has 1 aromatic rings. The largest absolute Gasteiger partial charge is 0.494 e. The number of nitrogens with two attached hydrogens (primary N) is 1. The Balaban J connectivity index is 1.72. The number of hydrogen-bond acceptors (Lipinski definition) is 3. The quantitative estimate of drug-likeness (QED) is 0.856. The van der Waals surface area contributed by atoms with Crippen LogP contribution in [0.4, 0.5) is 0 Å². The van der Waals surface area contributed by atoms with Crippen LogP contribution in [0, 0.1) is 0 Å². The van der Waals surface area contributed by atoms with Crippen molar-refractivity contribution >= 4 is 0 Å². The van der Waals surface area contributed by atoms with Crippen molar-refractivity contribution in [2.75, 3.05) is 26.7 Å². The highest BCUT2D eigenvalue weighted by molar-refractivity contribution is 5.27. The van der Waals surface area contributed by atoms with Crippen LogP contribution < -0.4 is 10.5 Å². The first-order valence-corrected chi connectivity index (χ1v) is 7.41. The molecule has 0 bridgehead atoms. The number of rotatable bonds is 6. The molecule has 1 fully saturated rings. The highest BCUT2D eigenvalue weighted by Crippen LogP contribution is 2.19. The zero-order chi connectivity index (χ0) is 13.5. The minimum absolute atomic E-state index is 0.699. The molecule has 3 heteroatoms. The Bertz CT molecular complexity index is 364. The molecule has 0 aliphatic carbocycles. The summed E-state index contributed by atoms with van der Waals surface area (Å²) in [5.41, 5.74) is 6.82. The summed E-state index contributed by atoms with van der Waals surface area (Å²) >= 11 is 0. The molecule has 1 aromatic carbocycles. The molecule has 106 valence electrons. The molecule has 1 saturated heterocycles. The van der Waals surface area contributed by atoms with E-state index < -0.39 is 0 Å². The highest BCUT2D eigenvalue weighted by Gasteiger charge is 2.18. The van der Waals surface area contributed by atoms with E-state index in [2.05, 4.69) is 36.2 Å². The van der Waals surface area contributed by atoms with E-state index in [1.54, 1.807) is 0 Å². The van der Waals surface area contributed by atoms with Crippen LogP contribution in [-0.4, -0.2) is 37.7 Å². The molecule has 0 radical (unpaired) electrons. The van der Waals surface area contributed by atoms with Crippen LogP contribution in [-0.2, 0) is 6.42 Å². The maximum absolute atomic E-state index is 5.83. The normalized spacial score (nSPS) is 20.4. The molecule has 1 aliphatic heterocycles. The van der Waals surface area contributed by atoms with Gasteiger partial charge in [-0.3, -0.25) is 0 Å². The Morgan fingerprint density at radius 3 is 2.74 bits per heavy atom. The van der Waals surface area contributed by atoms with Crippen LogP contribution in [0.2, 0.25) is 0 Å². The number of piperidine rings is 1. The van der Waals surface area contributed by atoms with Gasteiger partial charge in [0.15, 0.2) is 0 Å². The van der Waals surface area contributed by atoms with Gasteiger partial charge in [-0.05, 0) is 63.5 Å². The smallest absolute Gasteiger partial charge is 0.119 e. The first-order valence-electron chi connectivity index (χ1n) is 7.41. The summed E-state index contributed by atoms with van der Waals surface area (Å²) in [5.74, 6) is 0.972. The number of hydrogen-bond donors (Lipinski definition) is 1. The molecule has 19 heavy (non-hydrogen) atoms. The average molecular weight is 262 g/mol. The Labute approximate surface area is 116 Å². The predicted molar refractivity (Wildman–Crippen MR) is 79.6 cm³/mol. The summed E-state index contributed by atoms with van der Waals surface area (Å²) in [7, 11) is 2.23. The van der Waals surface area contributed by atoms with Gasteiger partial charge in [0.25, 0.3) is 0 Å². The van der Waals surface area contributed by atoms with Gasteiger partial charge in [-0.1, -0.05) is 18.6 Å². The summed E-state index contributed by atoms with van der Waals surface area (Å²) in [6, 6.07) is 9.01. The molecule has 2 N–H and O–H groups in total. The van der Waals surface area contributed by atoms with Gasteiger partial charge in [-0.2, -0.15) is 0 Å². The molecule has 3 nitrogen and oxygen atoms in total. The molecule has 1 aliphatic rings. The van der Waals surface area contributed by atoms with Crippen molar-refractivity contribution in [2.24, 2.45) is 5.73 Å². The molecule has 1 heterocycles. The van der Waals surface area contributed by atoms with Crippen molar-refractivity contribution in [3.63, 3.8) is 0 Å². The number of ether oxygens (including phenoxy) is 1. The van der Waals surface area contributed by atoms with E-state index in [1.165, 1.54) is 31.4 Å². The first kappa shape index (κ1) is 14.4. The Morgan fingerprint density at radius 2 is 2.05 bits per heavy atom. The summed E-state index contributed by atoms with van der Waals surface area (Å²) in [5, 5.41) is 0. The zero-order valence-electron chi connectivity index (χ0n) is 12.0. The molecule has 0 saturated carbocycles. The van der Waals surface area contributed by atoms with E-state index in [9.17, 15) is 0 Å². The monoisotopic (exact) mass is 262 g/mol. The van der Waals surface area contributed by atoms with Crippen LogP contribution in [0.1, 0.15) is 31.2 Å². The maximum Gasteiger partial charge on any atom is 0.119 e. The lowest BCUT2D eigenvalue weighted by molar-refractivity contribution is 0.153. The van der Waals surface area contributed by atoms with Crippen LogP contribution in [0.25, 0.3) is 0 Å². The highest BCUT2D eigenvalue weighted by atomic mass is 16.5. The lowest BCUT2D eigenvalue weighted by Crippen LogP contribution is -2.37. The molecule has 1 atom stereocenters. The van der Waals surface area contributed by atoms with Gasteiger partial charge < -0.3 is 15.4 Å². The number of likely N-dealkylation sites (tertiary alicyclic amines) is 1. The second-order valence-corrected chi connectivity index (χ2v) is 5.45. The van der Waals surface area contributed by atoms with E-state index >= 15 is 0 Å². The fourth-order valence-corrected chi connectivity index (χ4v) is 2.74. The second-order valence-electron chi connectivity index (χ2n) is 5.45. The SMILES string of the molecule is CN1CCCCC1CCOc1ccc(CCN)cc1. The molecular weight excluding hydrogens is 236 g/mol. The average Bonchev–Trinajstić information content (AvgIpc) is 2.43. The minimum Gasteiger partial charge on any atom is -0.494 e. The van der Waals surface area contributed by atoms with Crippen LogP contribution in [0.5, 0.6) is 5.75 Å². The third kappa shape index (κ3) is 4.51. The Hall–Kier alpha value is -1.06. The molecule has 0 spiro atoms. The van der Waals surface area contributed by atoms with E-state index in [1.807, 2.05) is 0 Å². The summed E-state index contributed by atoms with van der Waals surface area (Å²) in [6.07, 6.45) is 6.09. The molecule has 2 rings (SSSR count). The summed E-state index contributed by atoms with van der Waals surface area (Å²) < 4.78 is 5.83. The van der Waals surface area contributed by atoms with E-state index in [0.717, 1.165) is 25.2 Å². The van der Waals surface area contributed by atoms with Gasteiger partial charge in [0.2, 0.25) is 0 Å². The Kier molecular flexibility index (Phi) is 5.67. The van der Waals surface area contributed by atoms with Gasteiger partial charge in [0, 0.05) is 6.04 Å². The van der Waals surface area contributed by atoms with E-state index in [0.29, 0.717) is 12.6 Å². The first-order chi connectivity index (χ1) is 9.29. The number of benzene rings is 1. The molecule has 0 aromatic heterocycles. The molecule has 1 unspecified atom stereocenters. The van der Waals surface area contributed by atoms with Crippen molar-refractivity contribution in [3.05, 3.63) is 29.8 Å². The van der Waals surface area contributed by atoms with E-state index in [-0.39, 0.29) is 0 Å². The van der Waals surface area contributed by atoms with E-state index in [4.69, 9.17) is 10.5 Å². The van der Waals surface area contributed by atoms with Gasteiger partial charge in [-0.25, -0.2) is 0 Å². The zero-order valence-corrected chi connectivity index (χ0v) is 12.0. The van der Waals surface area contributed by atoms with Crippen molar-refractivity contribution in [3.8, 4) is 5.75 Å². The van der Waals surface area contributed by atoms with Gasteiger partial charge in [0.1, 0.15) is 5.75 Å². The van der Waals surface area contributed by atoms with Crippen LogP contribution >= 0.6 is 0 Å². The predicted octanol–water partition coefficient (Wildman–Crippen LogP) is 2.44. The fourth-order valence-electron chi connectivity index (χ4n) is 2.74.